The normalized spacial score (nSPS) is 13.0. The van der Waals surface area contributed by atoms with Crippen LogP contribution in [0.1, 0.15) is 10.4 Å². The lowest BCUT2D eigenvalue weighted by Crippen LogP contribution is -2.54. The van der Waals surface area contributed by atoms with E-state index >= 15 is 0 Å². The van der Waals surface area contributed by atoms with Crippen LogP contribution in [0.3, 0.4) is 0 Å². The molecule has 0 unspecified atom stereocenters. The lowest BCUT2D eigenvalue weighted by atomic mass is 10.1. The molecular formula is C29H27ClN4O3. The van der Waals surface area contributed by atoms with Gasteiger partial charge in [-0.2, -0.15) is 0 Å². The van der Waals surface area contributed by atoms with Gasteiger partial charge in [-0.05, 0) is 66.7 Å². The van der Waals surface area contributed by atoms with Gasteiger partial charge in [0, 0.05) is 28.8 Å². The predicted molar refractivity (Wildman–Crippen MR) is 148 cm³/mol. The van der Waals surface area contributed by atoms with Crippen LogP contribution in [0.15, 0.2) is 104 Å². The minimum Gasteiger partial charge on any atom is -0.487 e. The molecular weight excluding hydrogens is 488 g/mol. The third kappa shape index (κ3) is 5.57. The smallest absolute Gasteiger partial charge is 0.340 e. The molecule has 8 heteroatoms. The Morgan fingerprint density at radius 1 is 0.946 bits per heavy atom. The van der Waals surface area contributed by atoms with E-state index in [1.54, 1.807) is 6.07 Å². The molecule has 2 N–H and O–H groups in total. The lowest BCUT2D eigenvalue weighted by Gasteiger charge is -2.41. The molecule has 5 rings (SSSR count). The van der Waals surface area contributed by atoms with Crippen LogP contribution < -0.4 is 20.3 Å². The van der Waals surface area contributed by atoms with Crippen molar-refractivity contribution in [3.05, 3.63) is 114 Å². The number of methoxy groups -OCH3 is 1. The number of rotatable bonds is 9. The fraction of sp³-hybridized carbons (Fsp3) is 0.138. The summed E-state index contributed by atoms with van der Waals surface area (Å²) >= 11 is 6.04. The second kappa shape index (κ2) is 10.7. The summed E-state index contributed by atoms with van der Waals surface area (Å²) in [6, 6.07) is 24.8. The van der Waals surface area contributed by atoms with Crippen molar-refractivity contribution in [3.8, 4) is 11.4 Å². The van der Waals surface area contributed by atoms with Crippen molar-refractivity contribution in [3.63, 3.8) is 0 Å². The van der Waals surface area contributed by atoms with E-state index in [4.69, 9.17) is 21.1 Å². The summed E-state index contributed by atoms with van der Waals surface area (Å²) in [6.45, 7) is 5.44. The minimum absolute atomic E-state index is 0.0394. The highest BCUT2D eigenvalue weighted by Gasteiger charge is 2.32. The molecule has 0 aliphatic carbocycles. The van der Waals surface area contributed by atoms with Crippen LogP contribution >= 0.6 is 11.6 Å². The Morgan fingerprint density at radius 2 is 1.65 bits per heavy atom. The number of hydrogen-bond acceptors (Lipinski definition) is 6. The molecule has 37 heavy (non-hydrogen) atoms. The molecule has 0 amide bonds. The van der Waals surface area contributed by atoms with E-state index in [0.717, 1.165) is 28.5 Å². The number of nitrogens with one attached hydrogen (secondary N) is 2. The summed E-state index contributed by atoms with van der Waals surface area (Å²) in [4.78, 5) is 14.6. The van der Waals surface area contributed by atoms with Crippen molar-refractivity contribution >= 4 is 34.6 Å². The largest absolute Gasteiger partial charge is 0.487 e. The van der Waals surface area contributed by atoms with Crippen molar-refractivity contribution in [1.29, 1.82) is 0 Å². The Kier molecular flexibility index (Phi) is 7.05. The number of hydrogen-bond donors (Lipinski definition) is 2. The number of nitrogens with zero attached hydrogens (tertiary/aromatic N) is 2. The molecule has 0 radical (unpaired) electrons. The lowest BCUT2D eigenvalue weighted by molar-refractivity contribution is 0.0600. The van der Waals surface area contributed by atoms with E-state index in [9.17, 15) is 4.79 Å². The van der Waals surface area contributed by atoms with Gasteiger partial charge >= 0.3 is 5.97 Å². The van der Waals surface area contributed by atoms with Crippen molar-refractivity contribution in [2.24, 2.45) is 0 Å². The number of carbonyl (C=O) groups is 1. The summed E-state index contributed by atoms with van der Waals surface area (Å²) in [6.07, 6.45) is 3.89. The van der Waals surface area contributed by atoms with Crippen LogP contribution in [0.5, 0.6) is 5.75 Å². The number of ether oxygens (including phenoxy) is 2. The summed E-state index contributed by atoms with van der Waals surface area (Å²) in [7, 11) is 1.40. The summed E-state index contributed by atoms with van der Waals surface area (Å²) in [5.41, 5.74) is 4.04. The maximum absolute atomic E-state index is 12.4. The summed E-state index contributed by atoms with van der Waals surface area (Å²) in [5, 5.41) is 7.08. The van der Waals surface area contributed by atoms with Crippen LogP contribution in [0.2, 0.25) is 5.02 Å². The van der Waals surface area contributed by atoms with Gasteiger partial charge in [0.1, 0.15) is 17.7 Å². The first-order chi connectivity index (χ1) is 18.0. The third-order valence-electron chi connectivity index (χ3n) is 6.04. The van der Waals surface area contributed by atoms with Crippen molar-refractivity contribution in [2.45, 2.75) is 6.10 Å². The fourth-order valence-corrected chi connectivity index (χ4v) is 4.47. The van der Waals surface area contributed by atoms with Crippen LogP contribution in [0.25, 0.3) is 5.69 Å². The standard InChI is InChI=1S/C29H27ClN4O3/c1-20(32-23-8-5-7-21(30)17-23)31-22-11-13-24(14-12-22)37-25-18-34(19-25)27-10-6-9-26(29(35)36-2)28(27)33-15-3-4-16-33/h3-17,25,31-32H,1,18-19H2,2H3. The Balaban J connectivity index is 1.19. The summed E-state index contributed by atoms with van der Waals surface area (Å²) in [5.74, 6) is 1.06. The van der Waals surface area contributed by atoms with E-state index in [1.165, 1.54) is 7.11 Å². The van der Waals surface area contributed by atoms with Gasteiger partial charge in [0.05, 0.1) is 37.1 Å². The fourth-order valence-electron chi connectivity index (χ4n) is 4.28. The number of benzene rings is 3. The average molecular weight is 515 g/mol. The monoisotopic (exact) mass is 514 g/mol. The zero-order valence-corrected chi connectivity index (χ0v) is 21.1. The van der Waals surface area contributed by atoms with Crippen LogP contribution in [0, 0.1) is 0 Å². The van der Waals surface area contributed by atoms with Gasteiger partial charge in [-0.1, -0.05) is 30.3 Å². The van der Waals surface area contributed by atoms with Crippen LogP contribution in [-0.2, 0) is 4.74 Å². The molecule has 0 saturated carbocycles. The zero-order chi connectivity index (χ0) is 25.8. The Labute approximate surface area is 220 Å². The Bertz CT molecular complexity index is 1400. The van der Waals surface area contributed by atoms with E-state index in [-0.39, 0.29) is 12.1 Å². The van der Waals surface area contributed by atoms with Crippen molar-refractivity contribution in [1.82, 2.24) is 4.57 Å². The molecule has 1 aliphatic heterocycles. The molecule has 188 valence electrons. The molecule has 1 aliphatic rings. The number of anilines is 3. The van der Waals surface area contributed by atoms with Gasteiger partial charge in [-0.3, -0.25) is 0 Å². The van der Waals surface area contributed by atoms with Crippen LogP contribution in [0.4, 0.5) is 17.1 Å². The van der Waals surface area contributed by atoms with E-state index in [2.05, 4.69) is 22.1 Å². The minimum atomic E-state index is -0.363. The van der Waals surface area contributed by atoms with Gasteiger partial charge in [0.25, 0.3) is 0 Å². The highest BCUT2D eigenvalue weighted by atomic mass is 35.5. The number of aromatic nitrogens is 1. The quantitative estimate of drug-likeness (QED) is 0.260. The maximum atomic E-state index is 12.4. The maximum Gasteiger partial charge on any atom is 0.340 e. The van der Waals surface area contributed by atoms with Gasteiger partial charge in [0.15, 0.2) is 0 Å². The molecule has 1 saturated heterocycles. The average Bonchev–Trinajstić information content (AvgIpc) is 3.41. The van der Waals surface area contributed by atoms with E-state index < -0.39 is 0 Å². The molecule has 2 heterocycles. The predicted octanol–water partition coefficient (Wildman–Crippen LogP) is 6.18. The molecule has 7 nitrogen and oxygen atoms in total. The number of halogens is 1. The first kappa shape index (κ1) is 24.3. The Morgan fingerprint density at radius 3 is 2.35 bits per heavy atom. The van der Waals surface area contributed by atoms with Crippen molar-refractivity contribution in [2.75, 3.05) is 35.7 Å². The molecule has 0 bridgehead atoms. The molecule has 1 fully saturated rings. The molecule has 0 spiro atoms. The number of carbonyl (C=O) groups excluding carboxylic acids is 1. The first-order valence-corrected chi connectivity index (χ1v) is 12.2. The molecule has 1 aromatic heterocycles. The van der Waals surface area contributed by atoms with Crippen LogP contribution in [-0.4, -0.2) is 36.8 Å². The topological polar surface area (TPSA) is 67.8 Å². The Hall–Kier alpha value is -4.36. The zero-order valence-electron chi connectivity index (χ0n) is 20.4. The second-order valence-corrected chi connectivity index (χ2v) is 9.10. The summed E-state index contributed by atoms with van der Waals surface area (Å²) < 4.78 is 13.1. The highest BCUT2D eigenvalue weighted by Crippen LogP contribution is 2.33. The van der Waals surface area contributed by atoms with Crippen molar-refractivity contribution < 1.29 is 14.3 Å². The van der Waals surface area contributed by atoms with Gasteiger partial charge in [-0.25, -0.2) is 4.79 Å². The molecule has 3 aromatic carbocycles. The third-order valence-corrected chi connectivity index (χ3v) is 6.28. The SMILES string of the molecule is C=C(Nc1ccc(OC2CN(c3cccc(C(=O)OC)c3-n3cccc3)C2)cc1)Nc1cccc(Cl)c1. The van der Waals surface area contributed by atoms with Gasteiger partial charge in [0.2, 0.25) is 0 Å². The second-order valence-electron chi connectivity index (χ2n) is 8.66. The van der Waals surface area contributed by atoms with E-state index in [1.807, 2.05) is 89.8 Å². The number of esters is 1. The van der Waals surface area contributed by atoms with Gasteiger partial charge < -0.3 is 29.6 Å². The molecule has 0 atom stereocenters. The first-order valence-electron chi connectivity index (χ1n) is 11.8. The highest BCUT2D eigenvalue weighted by molar-refractivity contribution is 6.30. The van der Waals surface area contributed by atoms with E-state index in [0.29, 0.717) is 29.5 Å². The molecule has 4 aromatic rings. The number of para-hydroxylation sites is 1. The van der Waals surface area contributed by atoms with Gasteiger partial charge in [-0.15, -0.1) is 0 Å².